The molecule has 1 atom stereocenters. The Labute approximate surface area is 121 Å². The van der Waals surface area contributed by atoms with Crippen LogP contribution in [0.1, 0.15) is 16.5 Å². The summed E-state index contributed by atoms with van der Waals surface area (Å²) in [7, 11) is 1.67. The van der Waals surface area contributed by atoms with E-state index in [-0.39, 0.29) is 6.04 Å². The zero-order chi connectivity index (χ0) is 13.9. The van der Waals surface area contributed by atoms with Crippen molar-refractivity contribution in [3.63, 3.8) is 0 Å². The van der Waals surface area contributed by atoms with Crippen molar-refractivity contribution in [3.05, 3.63) is 58.5 Å². The van der Waals surface area contributed by atoms with Crippen LogP contribution in [0.5, 0.6) is 5.75 Å². The SMILES string of the molecule is COc1csc(C(NN)c2cccc3cnccc23)c1. The molecule has 0 spiro atoms. The first-order valence-corrected chi connectivity index (χ1v) is 7.12. The highest BCUT2D eigenvalue weighted by atomic mass is 32.1. The maximum atomic E-state index is 5.78. The van der Waals surface area contributed by atoms with E-state index in [1.165, 1.54) is 0 Å². The van der Waals surface area contributed by atoms with Crippen molar-refractivity contribution >= 4 is 22.1 Å². The van der Waals surface area contributed by atoms with Crippen LogP contribution in [0, 0.1) is 0 Å². The van der Waals surface area contributed by atoms with Crippen LogP contribution in [-0.2, 0) is 0 Å². The number of hydrogen-bond acceptors (Lipinski definition) is 5. The fraction of sp³-hybridized carbons (Fsp3) is 0.133. The van der Waals surface area contributed by atoms with Crippen molar-refractivity contribution in [1.29, 1.82) is 0 Å². The predicted octanol–water partition coefficient (Wildman–Crippen LogP) is 2.86. The Morgan fingerprint density at radius 2 is 2.25 bits per heavy atom. The second-order valence-corrected chi connectivity index (χ2v) is 5.38. The standard InChI is InChI=1S/C15H15N3OS/c1-19-11-7-14(20-9-11)15(18-16)13-4-2-3-10-8-17-6-5-12(10)13/h2-9,15,18H,16H2,1H3. The molecule has 2 heterocycles. The molecule has 3 N–H and O–H groups in total. The van der Waals surface area contributed by atoms with Gasteiger partial charge in [-0.25, -0.2) is 5.43 Å². The van der Waals surface area contributed by atoms with Gasteiger partial charge < -0.3 is 4.74 Å². The van der Waals surface area contributed by atoms with Crippen molar-refractivity contribution in [2.75, 3.05) is 7.11 Å². The zero-order valence-electron chi connectivity index (χ0n) is 11.0. The summed E-state index contributed by atoms with van der Waals surface area (Å²) in [5, 5.41) is 4.23. The molecule has 4 nitrogen and oxygen atoms in total. The summed E-state index contributed by atoms with van der Waals surface area (Å²) in [6.45, 7) is 0. The van der Waals surface area contributed by atoms with Crippen molar-refractivity contribution in [1.82, 2.24) is 10.4 Å². The molecule has 3 aromatic rings. The Hall–Kier alpha value is -1.95. The molecule has 0 amide bonds. The third-order valence-corrected chi connectivity index (χ3v) is 4.28. The van der Waals surface area contributed by atoms with Gasteiger partial charge in [0.1, 0.15) is 5.75 Å². The van der Waals surface area contributed by atoms with Gasteiger partial charge in [-0.1, -0.05) is 18.2 Å². The molecule has 20 heavy (non-hydrogen) atoms. The van der Waals surface area contributed by atoms with E-state index in [0.29, 0.717) is 0 Å². The van der Waals surface area contributed by atoms with E-state index in [2.05, 4.69) is 22.5 Å². The summed E-state index contributed by atoms with van der Waals surface area (Å²) >= 11 is 1.63. The number of hydrogen-bond donors (Lipinski definition) is 2. The lowest BCUT2D eigenvalue weighted by Crippen LogP contribution is -2.28. The summed E-state index contributed by atoms with van der Waals surface area (Å²) in [6, 6.07) is 10.1. The van der Waals surface area contributed by atoms with Gasteiger partial charge in [0.15, 0.2) is 0 Å². The molecule has 102 valence electrons. The van der Waals surface area contributed by atoms with Crippen molar-refractivity contribution in [2.24, 2.45) is 5.84 Å². The van der Waals surface area contributed by atoms with Crippen molar-refractivity contribution < 1.29 is 4.74 Å². The molecule has 0 saturated carbocycles. The Balaban J connectivity index is 2.11. The van der Waals surface area contributed by atoms with Gasteiger partial charge >= 0.3 is 0 Å². The van der Waals surface area contributed by atoms with Crippen LogP contribution in [0.15, 0.2) is 48.1 Å². The van der Waals surface area contributed by atoms with E-state index in [4.69, 9.17) is 10.6 Å². The van der Waals surface area contributed by atoms with E-state index in [9.17, 15) is 0 Å². The van der Waals surface area contributed by atoms with Crippen LogP contribution >= 0.6 is 11.3 Å². The van der Waals surface area contributed by atoms with E-state index in [1.807, 2.05) is 29.8 Å². The van der Waals surface area contributed by atoms with Gasteiger partial charge in [0.25, 0.3) is 0 Å². The number of hydrazine groups is 1. The fourth-order valence-corrected chi connectivity index (χ4v) is 3.25. The quantitative estimate of drug-likeness (QED) is 0.571. The molecule has 5 heteroatoms. The molecule has 0 aliphatic rings. The van der Waals surface area contributed by atoms with Gasteiger partial charge in [0.05, 0.1) is 13.2 Å². The summed E-state index contributed by atoms with van der Waals surface area (Å²) in [5.74, 6) is 6.63. The summed E-state index contributed by atoms with van der Waals surface area (Å²) in [6.07, 6.45) is 3.66. The number of ether oxygens (including phenoxy) is 1. The van der Waals surface area contributed by atoms with E-state index >= 15 is 0 Å². The molecule has 1 aromatic carbocycles. The Kier molecular flexibility index (Phi) is 3.64. The van der Waals surface area contributed by atoms with Gasteiger partial charge in [-0.15, -0.1) is 11.3 Å². The fourth-order valence-electron chi connectivity index (χ4n) is 2.32. The van der Waals surface area contributed by atoms with Crippen LogP contribution in [0.2, 0.25) is 0 Å². The number of methoxy groups -OCH3 is 1. The number of pyridine rings is 1. The predicted molar refractivity (Wildman–Crippen MR) is 81.8 cm³/mol. The smallest absolute Gasteiger partial charge is 0.129 e. The highest BCUT2D eigenvalue weighted by molar-refractivity contribution is 7.10. The summed E-state index contributed by atoms with van der Waals surface area (Å²) in [4.78, 5) is 5.28. The van der Waals surface area contributed by atoms with E-state index in [0.717, 1.165) is 27.0 Å². The first kappa shape index (κ1) is 13.1. The molecule has 0 bridgehead atoms. The molecule has 0 aliphatic carbocycles. The molecule has 3 rings (SSSR count). The number of thiophene rings is 1. The maximum absolute atomic E-state index is 5.78. The topological polar surface area (TPSA) is 60.2 Å². The second-order valence-electron chi connectivity index (χ2n) is 4.43. The zero-order valence-corrected chi connectivity index (χ0v) is 11.9. The number of benzene rings is 1. The monoisotopic (exact) mass is 285 g/mol. The van der Waals surface area contributed by atoms with Gasteiger partial charge in [-0.2, -0.15) is 0 Å². The number of aromatic nitrogens is 1. The molecule has 0 radical (unpaired) electrons. The Morgan fingerprint density at radius 3 is 3.00 bits per heavy atom. The third-order valence-electron chi connectivity index (χ3n) is 3.31. The lowest BCUT2D eigenvalue weighted by molar-refractivity contribution is 0.416. The molecule has 2 aromatic heterocycles. The number of nitrogens with one attached hydrogen (secondary N) is 1. The first-order valence-electron chi connectivity index (χ1n) is 6.24. The van der Waals surface area contributed by atoms with Gasteiger partial charge in [-0.05, 0) is 23.1 Å². The van der Waals surface area contributed by atoms with Crippen LogP contribution in [0.25, 0.3) is 10.8 Å². The number of nitrogens with zero attached hydrogens (tertiary/aromatic N) is 1. The highest BCUT2D eigenvalue weighted by Gasteiger charge is 2.17. The Morgan fingerprint density at radius 1 is 1.35 bits per heavy atom. The normalized spacial score (nSPS) is 12.5. The van der Waals surface area contributed by atoms with Crippen LogP contribution in [0.4, 0.5) is 0 Å². The summed E-state index contributed by atoms with van der Waals surface area (Å²) < 4.78 is 5.24. The largest absolute Gasteiger partial charge is 0.496 e. The second kappa shape index (κ2) is 5.58. The molecular weight excluding hydrogens is 270 g/mol. The van der Waals surface area contributed by atoms with Gasteiger partial charge in [-0.3, -0.25) is 10.8 Å². The van der Waals surface area contributed by atoms with Crippen LogP contribution in [0.3, 0.4) is 0 Å². The van der Waals surface area contributed by atoms with Crippen molar-refractivity contribution in [3.8, 4) is 5.75 Å². The summed E-state index contributed by atoms with van der Waals surface area (Å²) in [5.41, 5.74) is 4.03. The van der Waals surface area contributed by atoms with Crippen molar-refractivity contribution in [2.45, 2.75) is 6.04 Å². The van der Waals surface area contributed by atoms with E-state index in [1.54, 1.807) is 24.6 Å². The third kappa shape index (κ3) is 2.27. The van der Waals surface area contributed by atoms with Crippen LogP contribution in [-0.4, -0.2) is 12.1 Å². The lowest BCUT2D eigenvalue weighted by atomic mass is 9.99. The number of fused-ring (bicyclic) bond motifs is 1. The molecule has 1 unspecified atom stereocenters. The van der Waals surface area contributed by atoms with Gasteiger partial charge in [0.2, 0.25) is 0 Å². The molecule has 0 aliphatic heterocycles. The minimum absolute atomic E-state index is 0.0602. The minimum Gasteiger partial charge on any atom is -0.496 e. The first-order chi connectivity index (χ1) is 9.83. The lowest BCUT2D eigenvalue weighted by Gasteiger charge is -2.16. The Bertz CT molecular complexity index is 720. The highest BCUT2D eigenvalue weighted by Crippen LogP contribution is 2.33. The van der Waals surface area contributed by atoms with E-state index < -0.39 is 0 Å². The average Bonchev–Trinajstić information content (AvgIpc) is 2.97. The van der Waals surface area contributed by atoms with Crippen LogP contribution < -0.4 is 16.0 Å². The average molecular weight is 285 g/mol. The maximum Gasteiger partial charge on any atom is 0.129 e. The minimum atomic E-state index is -0.0602. The number of rotatable bonds is 4. The van der Waals surface area contributed by atoms with Gasteiger partial charge in [0, 0.05) is 28.0 Å². The number of nitrogens with two attached hydrogens (primary N) is 1. The molecule has 0 saturated heterocycles. The molecular formula is C15H15N3OS. The molecule has 0 fully saturated rings.